The molecule has 1 heterocycles. The van der Waals surface area contributed by atoms with Crippen molar-refractivity contribution in [3.05, 3.63) is 18.2 Å². The van der Waals surface area contributed by atoms with Crippen molar-refractivity contribution >= 4 is 0 Å². The van der Waals surface area contributed by atoms with Crippen molar-refractivity contribution in [3.8, 4) is 0 Å². The molecule has 3 nitrogen and oxygen atoms in total. The van der Waals surface area contributed by atoms with Gasteiger partial charge in [0.1, 0.15) is 5.82 Å². The number of imidazole rings is 1. The zero-order valence-corrected chi connectivity index (χ0v) is 6.21. The number of hydrogen-bond acceptors (Lipinski definition) is 2. The number of nitrogens with zero attached hydrogens (tertiary/aromatic N) is 2. The van der Waals surface area contributed by atoms with E-state index in [9.17, 15) is 13.2 Å². The molecular weight excluding hydrogens is 173 g/mol. The minimum Gasteiger partial charge on any atom is -0.377 e. The molecule has 1 N–H and O–H groups in total. The Balaban J connectivity index is 2.92. The first-order chi connectivity index (χ1) is 5.43. The van der Waals surface area contributed by atoms with E-state index in [0.29, 0.717) is 0 Å². The van der Waals surface area contributed by atoms with Crippen molar-refractivity contribution in [3.63, 3.8) is 0 Å². The monoisotopic (exact) mass is 180 g/mol. The predicted molar refractivity (Wildman–Crippen MR) is 34.2 cm³/mol. The number of rotatable bonds is 1. The average molecular weight is 180 g/mol. The van der Waals surface area contributed by atoms with Crippen LogP contribution in [0.15, 0.2) is 12.4 Å². The number of aliphatic hydroxyl groups excluding tert-OH is 1. The normalized spacial score (nSPS) is 14.8. The van der Waals surface area contributed by atoms with E-state index in [-0.39, 0.29) is 0 Å². The highest BCUT2D eigenvalue weighted by molar-refractivity contribution is 4.97. The van der Waals surface area contributed by atoms with Gasteiger partial charge in [-0.05, 0) is 0 Å². The molecule has 1 rings (SSSR count). The zero-order valence-electron chi connectivity index (χ0n) is 6.21. The van der Waals surface area contributed by atoms with E-state index in [1.54, 1.807) is 0 Å². The number of hydrogen-bond donors (Lipinski definition) is 1. The second-order valence-electron chi connectivity index (χ2n) is 2.34. The number of aromatic nitrogens is 2. The van der Waals surface area contributed by atoms with E-state index >= 15 is 0 Å². The fourth-order valence-electron chi connectivity index (χ4n) is 0.787. The molecule has 1 aromatic rings. The van der Waals surface area contributed by atoms with Crippen molar-refractivity contribution in [2.45, 2.75) is 12.3 Å². The third kappa shape index (κ3) is 1.58. The molecule has 0 aromatic carbocycles. The lowest BCUT2D eigenvalue weighted by molar-refractivity contribution is -0.209. The third-order valence-corrected chi connectivity index (χ3v) is 1.41. The van der Waals surface area contributed by atoms with Crippen LogP contribution in [-0.2, 0) is 7.05 Å². The van der Waals surface area contributed by atoms with Crippen LogP contribution < -0.4 is 0 Å². The SMILES string of the molecule is Cn1ccnc1[C@H](O)C(F)(F)F. The Hall–Kier alpha value is -1.04. The smallest absolute Gasteiger partial charge is 0.377 e. The molecular formula is C6H7F3N2O. The van der Waals surface area contributed by atoms with Crippen molar-refractivity contribution in [2.75, 3.05) is 0 Å². The Kier molecular flexibility index (Phi) is 2.10. The maximum absolute atomic E-state index is 11.9. The summed E-state index contributed by atoms with van der Waals surface area (Å²) in [5.41, 5.74) is 0. The second-order valence-corrected chi connectivity index (χ2v) is 2.34. The fraction of sp³-hybridized carbons (Fsp3) is 0.500. The van der Waals surface area contributed by atoms with Gasteiger partial charge in [-0.15, -0.1) is 0 Å². The molecule has 0 saturated carbocycles. The van der Waals surface area contributed by atoms with Crippen LogP contribution in [0.4, 0.5) is 13.2 Å². The van der Waals surface area contributed by atoms with E-state index < -0.39 is 18.1 Å². The second kappa shape index (κ2) is 2.78. The van der Waals surface area contributed by atoms with E-state index in [0.717, 1.165) is 4.57 Å². The molecule has 1 aromatic heterocycles. The van der Waals surface area contributed by atoms with Gasteiger partial charge in [0.2, 0.25) is 6.10 Å². The van der Waals surface area contributed by atoms with Crippen LogP contribution in [-0.4, -0.2) is 20.8 Å². The van der Waals surface area contributed by atoms with Gasteiger partial charge in [0, 0.05) is 19.4 Å². The van der Waals surface area contributed by atoms with E-state index in [1.165, 1.54) is 19.4 Å². The van der Waals surface area contributed by atoms with Crippen LogP contribution >= 0.6 is 0 Å². The minimum absolute atomic E-state index is 0.400. The quantitative estimate of drug-likeness (QED) is 0.700. The lowest BCUT2D eigenvalue weighted by Crippen LogP contribution is -2.23. The molecule has 0 aliphatic heterocycles. The van der Waals surface area contributed by atoms with Gasteiger partial charge in [-0.25, -0.2) is 4.98 Å². The largest absolute Gasteiger partial charge is 0.421 e. The summed E-state index contributed by atoms with van der Waals surface area (Å²) in [5, 5.41) is 8.72. The van der Waals surface area contributed by atoms with Gasteiger partial charge in [-0.1, -0.05) is 0 Å². The molecule has 0 bridgehead atoms. The first kappa shape index (κ1) is 9.05. The highest BCUT2D eigenvalue weighted by Crippen LogP contribution is 2.30. The molecule has 0 fully saturated rings. The molecule has 6 heteroatoms. The van der Waals surface area contributed by atoms with E-state index in [1.807, 2.05) is 0 Å². The third-order valence-electron chi connectivity index (χ3n) is 1.41. The Morgan fingerprint density at radius 3 is 2.50 bits per heavy atom. The molecule has 0 aliphatic rings. The van der Waals surface area contributed by atoms with Gasteiger partial charge in [0.25, 0.3) is 0 Å². The molecule has 68 valence electrons. The molecule has 0 aliphatic carbocycles. The van der Waals surface area contributed by atoms with Gasteiger partial charge in [-0.2, -0.15) is 13.2 Å². The summed E-state index contributed by atoms with van der Waals surface area (Å²) in [4.78, 5) is 3.38. The van der Waals surface area contributed by atoms with Crippen LogP contribution in [0.25, 0.3) is 0 Å². The summed E-state index contributed by atoms with van der Waals surface area (Å²) in [5.74, 6) is -0.400. The van der Waals surface area contributed by atoms with Crippen LogP contribution in [0.1, 0.15) is 11.9 Å². The Bertz CT molecular complexity index is 268. The first-order valence-electron chi connectivity index (χ1n) is 3.15. The van der Waals surface area contributed by atoms with Crippen molar-refractivity contribution in [2.24, 2.45) is 7.05 Å². The number of alkyl halides is 3. The zero-order chi connectivity index (χ0) is 9.35. The molecule has 0 unspecified atom stereocenters. The highest BCUT2D eigenvalue weighted by atomic mass is 19.4. The fourth-order valence-corrected chi connectivity index (χ4v) is 0.787. The van der Waals surface area contributed by atoms with E-state index in [4.69, 9.17) is 5.11 Å². The maximum Gasteiger partial charge on any atom is 0.421 e. The predicted octanol–water partition coefficient (Wildman–Crippen LogP) is 1.02. The van der Waals surface area contributed by atoms with Gasteiger partial charge >= 0.3 is 6.18 Å². The number of halogens is 3. The van der Waals surface area contributed by atoms with Gasteiger partial charge in [0.05, 0.1) is 0 Å². The average Bonchev–Trinajstić information content (AvgIpc) is 2.31. The lowest BCUT2D eigenvalue weighted by Gasteiger charge is -2.13. The molecule has 0 saturated heterocycles. The number of aryl methyl sites for hydroxylation is 1. The summed E-state index contributed by atoms with van der Waals surface area (Å²) in [7, 11) is 1.39. The summed E-state index contributed by atoms with van der Waals surface area (Å²) >= 11 is 0. The molecule has 0 spiro atoms. The Morgan fingerprint density at radius 1 is 1.58 bits per heavy atom. The van der Waals surface area contributed by atoms with Gasteiger partial charge in [-0.3, -0.25) is 0 Å². The minimum atomic E-state index is -4.65. The Morgan fingerprint density at radius 2 is 2.17 bits per heavy atom. The van der Waals surface area contributed by atoms with E-state index in [2.05, 4.69) is 4.98 Å². The molecule has 1 atom stereocenters. The topological polar surface area (TPSA) is 38.0 Å². The summed E-state index contributed by atoms with van der Waals surface area (Å²) in [6, 6.07) is 0. The van der Waals surface area contributed by atoms with Crippen molar-refractivity contribution < 1.29 is 18.3 Å². The van der Waals surface area contributed by atoms with Crippen LogP contribution in [0.5, 0.6) is 0 Å². The van der Waals surface area contributed by atoms with Crippen LogP contribution in [0.2, 0.25) is 0 Å². The molecule has 0 radical (unpaired) electrons. The van der Waals surface area contributed by atoms with Crippen LogP contribution in [0, 0.1) is 0 Å². The van der Waals surface area contributed by atoms with Gasteiger partial charge < -0.3 is 9.67 Å². The summed E-state index contributed by atoms with van der Waals surface area (Å²) in [6.07, 6.45) is -4.62. The van der Waals surface area contributed by atoms with Crippen LogP contribution in [0.3, 0.4) is 0 Å². The number of aliphatic hydroxyl groups is 1. The molecule has 12 heavy (non-hydrogen) atoms. The van der Waals surface area contributed by atoms with Crippen molar-refractivity contribution in [1.29, 1.82) is 0 Å². The highest BCUT2D eigenvalue weighted by Gasteiger charge is 2.41. The standard InChI is InChI=1S/C6H7F3N2O/c1-11-3-2-10-5(11)4(12)6(7,8)9/h2-4,12H,1H3/t4-/m0/s1. The molecule has 0 amide bonds. The lowest BCUT2D eigenvalue weighted by atomic mass is 10.3. The Labute approximate surface area is 66.5 Å². The van der Waals surface area contributed by atoms with Crippen molar-refractivity contribution in [1.82, 2.24) is 9.55 Å². The first-order valence-corrected chi connectivity index (χ1v) is 3.15. The summed E-state index contributed by atoms with van der Waals surface area (Å²) in [6.45, 7) is 0. The van der Waals surface area contributed by atoms with Gasteiger partial charge in [0.15, 0.2) is 0 Å². The maximum atomic E-state index is 11.9. The summed E-state index contributed by atoms with van der Waals surface area (Å²) < 4.78 is 36.8.